The van der Waals surface area contributed by atoms with Crippen molar-refractivity contribution in [3.05, 3.63) is 57.6 Å². The van der Waals surface area contributed by atoms with Crippen molar-refractivity contribution >= 4 is 31.6 Å². The average molecular weight is 452 g/mol. The van der Waals surface area contributed by atoms with Crippen molar-refractivity contribution in [3.8, 4) is 0 Å². The molecule has 2 aromatic heterocycles. The number of hydrogen-bond donors (Lipinski definition) is 1. The number of aryl methyl sites for hydroxylation is 3. The SMILES string of the molecule is CCn1cc(S(=O)(=O)Nc2c(C)nn(Cc3ccc(Br)cc3)c2C)c(C)n1. The van der Waals surface area contributed by atoms with Crippen molar-refractivity contribution < 1.29 is 8.42 Å². The summed E-state index contributed by atoms with van der Waals surface area (Å²) in [5.41, 5.74) is 3.46. The fourth-order valence-electron chi connectivity index (χ4n) is 2.88. The lowest BCUT2D eigenvalue weighted by atomic mass is 10.2. The molecule has 0 radical (unpaired) electrons. The lowest BCUT2D eigenvalue weighted by Crippen LogP contribution is -2.15. The highest BCUT2D eigenvalue weighted by Crippen LogP contribution is 2.25. The number of nitrogens with zero attached hydrogens (tertiary/aromatic N) is 4. The molecule has 0 aliphatic rings. The monoisotopic (exact) mass is 451 g/mol. The molecule has 7 nitrogen and oxygen atoms in total. The molecular weight excluding hydrogens is 430 g/mol. The molecule has 0 spiro atoms. The van der Waals surface area contributed by atoms with E-state index >= 15 is 0 Å². The lowest BCUT2D eigenvalue weighted by molar-refractivity contribution is 0.600. The van der Waals surface area contributed by atoms with Crippen LogP contribution in [0, 0.1) is 20.8 Å². The van der Waals surface area contributed by atoms with E-state index in [2.05, 4.69) is 30.8 Å². The van der Waals surface area contributed by atoms with Crippen molar-refractivity contribution in [1.82, 2.24) is 19.6 Å². The van der Waals surface area contributed by atoms with Crippen LogP contribution < -0.4 is 4.72 Å². The van der Waals surface area contributed by atoms with Gasteiger partial charge >= 0.3 is 0 Å². The van der Waals surface area contributed by atoms with Gasteiger partial charge in [0.05, 0.1) is 29.3 Å². The van der Waals surface area contributed by atoms with E-state index in [1.54, 1.807) is 29.4 Å². The Morgan fingerprint density at radius 1 is 1.07 bits per heavy atom. The standard InChI is InChI=1S/C18H22BrN5O2S/c1-5-23-11-17(12(2)20-23)27(25,26)22-18-13(3)21-24(14(18)4)10-15-6-8-16(19)9-7-15/h6-9,11,22H,5,10H2,1-4H3. The number of sulfonamides is 1. The maximum absolute atomic E-state index is 12.9. The van der Waals surface area contributed by atoms with Gasteiger partial charge in [0, 0.05) is 17.2 Å². The minimum absolute atomic E-state index is 0.184. The smallest absolute Gasteiger partial charge is 0.265 e. The van der Waals surface area contributed by atoms with Crippen molar-refractivity contribution in [2.45, 2.75) is 45.7 Å². The quantitative estimate of drug-likeness (QED) is 0.619. The van der Waals surface area contributed by atoms with E-state index in [-0.39, 0.29) is 4.90 Å². The second-order valence-corrected chi connectivity index (χ2v) is 8.94. The van der Waals surface area contributed by atoms with E-state index in [0.29, 0.717) is 30.2 Å². The summed E-state index contributed by atoms with van der Waals surface area (Å²) in [5.74, 6) is 0. The van der Waals surface area contributed by atoms with Gasteiger partial charge in [-0.3, -0.25) is 14.1 Å². The van der Waals surface area contributed by atoms with Gasteiger partial charge in [0.25, 0.3) is 10.0 Å². The molecule has 0 aliphatic carbocycles. The largest absolute Gasteiger partial charge is 0.276 e. The van der Waals surface area contributed by atoms with Crippen LogP contribution in [-0.2, 0) is 23.1 Å². The third-order valence-electron chi connectivity index (χ3n) is 4.38. The molecule has 0 aliphatic heterocycles. The molecule has 0 bridgehead atoms. The maximum atomic E-state index is 12.9. The zero-order valence-corrected chi connectivity index (χ0v) is 18.1. The topological polar surface area (TPSA) is 81.8 Å². The Kier molecular flexibility index (Phi) is 5.43. The van der Waals surface area contributed by atoms with Crippen molar-refractivity contribution in [2.75, 3.05) is 4.72 Å². The first kappa shape index (κ1) is 19.6. The summed E-state index contributed by atoms with van der Waals surface area (Å²) >= 11 is 3.42. The minimum Gasteiger partial charge on any atom is -0.276 e. The van der Waals surface area contributed by atoms with Gasteiger partial charge in [-0.25, -0.2) is 8.42 Å². The highest BCUT2D eigenvalue weighted by molar-refractivity contribution is 9.10. The molecule has 9 heteroatoms. The van der Waals surface area contributed by atoms with Crippen molar-refractivity contribution in [1.29, 1.82) is 0 Å². The summed E-state index contributed by atoms with van der Waals surface area (Å²) in [7, 11) is -3.74. The van der Waals surface area contributed by atoms with E-state index in [0.717, 1.165) is 15.7 Å². The summed E-state index contributed by atoms with van der Waals surface area (Å²) in [6, 6.07) is 7.96. The second-order valence-electron chi connectivity index (χ2n) is 6.37. The Hall–Kier alpha value is -2.13. The van der Waals surface area contributed by atoms with Gasteiger partial charge in [0.2, 0.25) is 0 Å². The van der Waals surface area contributed by atoms with Crippen LogP contribution in [0.15, 0.2) is 39.8 Å². The zero-order valence-electron chi connectivity index (χ0n) is 15.7. The van der Waals surface area contributed by atoms with Gasteiger partial charge in [-0.1, -0.05) is 28.1 Å². The van der Waals surface area contributed by atoms with E-state index in [1.165, 1.54) is 0 Å². The Morgan fingerprint density at radius 2 is 1.74 bits per heavy atom. The molecule has 0 fully saturated rings. The lowest BCUT2D eigenvalue weighted by Gasteiger charge is -2.09. The molecule has 0 amide bonds. The third kappa shape index (κ3) is 4.08. The number of rotatable bonds is 6. The van der Waals surface area contributed by atoms with Crippen LogP contribution in [-0.4, -0.2) is 28.0 Å². The van der Waals surface area contributed by atoms with E-state index in [1.807, 2.05) is 38.1 Å². The Bertz CT molecular complexity index is 1070. The van der Waals surface area contributed by atoms with E-state index in [9.17, 15) is 8.42 Å². The van der Waals surface area contributed by atoms with Gasteiger partial charge in [0.1, 0.15) is 4.90 Å². The number of hydrogen-bond acceptors (Lipinski definition) is 4. The summed E-state index contributed by atoms with van der Waals surface area (Å²) in [6.07, 6.45) is 1.55. The highest BCUT2D eigenvalue weighted by Gasteiger charge is 2.23. The molecular formula is C18H22BrN5O2S. The average Bonchev–Trinajstić information content (AvgIpc) is 3.12. The van der Waals surface area contributed by atoms with Gasteiger partial charge < -0.3 is 0 Å². The first-order valence-corrected chi connectivity index (χ1v) is 10.8. The number of halogens is 1. The predicted octanol–water partition coefficient (Wildman–Crippen LogP) is 3.64. The fourth-order valence-corrected chi connectivity index (χ4v) is 4.50. The van der Waals surface area contributed by atoms with E-state index in [4.69, 9.17) is 0 Å². The third-order valence-corrected chi connectivity index (χ3v) is 6.36. The van der Waals surface area contributed by atoms with Gasteiger partial charge in [-0.2, -0.15) is 10.2 Å². The normalized spacial score (nSPS) is 11.7. The molecule has 3 rings (SSSR count). The first-order valence-electron chi connectivity index (χ1n) is 8.56. The summed E-state index contributed by atoms with van der Waals surface area (Å²) in [6.45, 7) is 8.44. The van der Waals surface area contributed by atoms with Crippen LogP contribution in [0.2, 0.25) is 0 Å². The number of aromatic nitrogens is 4. The molecule has 27 heavy (non-hydrogen) atoms. The highest BCUT2D eigenvalue weighted by atomic mass is 79.9. The minimum atomic E-state index is -3.74. The number of benzene rings is 1. The predicted molar refractivity (Wildman–Crippen MR) is 108 cm³/mol. The van der Waals surface area contributed by atoms with Gasteiger partial charge in [-0.15, -0.1) is 0 Å². The van der Waals surface area contributed by atoms with Crippen LogP contribution in [0.3, 0.4) is 0 Å². The van der Waals surface area contributed by atoms with Crippen molar-refractivity contribution in [3.63, 3.8) is 0 Å². The molecule has 2 heterocycles. The molecule has 1 aromatic carbocycles. The second kappa shape index (κ2) is 7.47. The van der Waals surface area contributed by atoms with Crippen LogP contribution in [0.4, 0.5) is 5.69 Å². The molecule has 0 saturated heterocycles. The van der Waals surface area contributed by atoms with Gasteiger partial charge in [-0.05, 0) is 45.4 Å². The number of nitrogens with one attached hydrogen (secondary N) is 1. The molecule has 144 valence electrons. The van der Waals surface area contributed by atoms with Crippen LogP contribution in [0.1, 0.15) is 29.6 Å². The molecule has 3 aromatic rings. The number of anilines is 1. The molecule has 1 N–H and O–H groups in total. The van der Waals surface area contributed by atoms with Crippen LogP contribution in [0.5, 0.6) is 0 Å². The molecule has 0 atom stereocenters. The maximum Gasteiger partial charge on any atom is 0.265 e. The van der Waals surface area contributed by atoms with Crippen LogP contribution in [0.25, 0.3) is 0 Å². The summed E-state index contributed by atoms with van der Waals surface area (Å²) in [4.78, 5) is 0.184. The van der Waals surface area contributed by atoms with Gasteiger partial charge in [0.15, 0.2) is 0 Å². The summed E-state index contributed by atoms with van der Waals surface area (Å²) < 4.78 is 32.8. The molecule has 0 unspecified atom stereocenters. The Balaban J connectivity index is 1.90. The fraction of sp³-hybridized carbons (Fsp3) is 0.333. The van der Waals surface area contributed by atoms with Crippen LogP contribution >= 0.6 is 15.9 Å². The van der Waals surface area contributed by atoms with Crippen molar-refractivity contribution in [2.24, 2.45) is 0 Å². The first-order chi connectivity index (χ1) is 12.7. The Morgan fingerprint density at radius 3 is 2.33 bits per heavy atom. The van der Waals surface area contributed by atoms with E-state index < -0.39 is 10.0 Å². The Labute approximate surface area is 167 Å². The summed E-state index contributed by atoms with van der Waals surface area (Å²) in [5, 5.41) is 8.73. The zero-order chi connectivity index (χ0) is 19.8. The molecule has 0 saturated carbocycles.